The summed E-state index contributed by atoms with van der Waals surface area (Å²) in [6.07, 6.45) is 0.150. The highest BCUT2D eigenvalue weighted by Crippen LogP contribution is 2.58. The van der Waals surface area contributed by atoms with E-state index in [1.807, 2.05) is 51.2 Å². The molecule has 0 unspecified atom stereocenters. The van der Waals surface area contributed by atoms with E-state index in [4.69, 9.17) is 23.7 Å². The quantitative estimate of drug-likeness (QED) is 0.316. The molecule has 3 aliphatic heterocycles. The molecule has 1 amide bonds. The Morgan fingerprint density at radius 3 is 1.98 bits per heavy atom. The first-order valence-electron chi connectivity index (χ1n) is 15.9. The Bertz CT molecular complexity index is 1770. The summed E-state index contributed by atoms with van der Waals surface area (Å²) in [5, 5.41) is 37.3. The van der Waals surface area contributed by atoms with Crippen molar-refractivity contribution in [3.63, 3.8) is 0 Å². The Morgan fingerprint density at radius 2 is 1.42 bits per heavy atom. The number of likely N-dealkylation sites (N-methyl/N-ethyl adjacent to an activating group) is 1. The second kappa shape index (κ2) is 13.0. The normalized spacial score (nSPS) is 22.8. The van der Waals surface area contributed by atoms with Crippen LogP contribution in [0.3, 0.4) is 0 Å². The predicted octanol–water partition coefficient (Wildman–Crippen LogP) is 4.45. The average Bonchev–Trinajstić information content (AvgIpc) is 3.08. The summed E-state index contributed by atoms with van der Waals surface area (Å²) >= 11 is 0. The summed E-state index contributed by atoms with van der Waals surface area (Å²) < 4.78 is 28.7. The van der Waals surface area contributed by atoms with Gasteiger partial charge < -0.3 is 39.2 Å². The Kier molecular flexibility index (Phi) is 8.94. The van der Waals surface area contributed by atoms with Crippen LogP contribution in [-0.4, -0.2) is 86.3 Å². The van der Waals surface area contributed by atoms with Crippen LogP contribution in [0.15, 0.2) is 30.3 Å². The number of rotatable bonds is 8. The van der Waals surface area contributed by atoms with Gasteiger partial charge in [-0.2, -0.15) is 5.26 Å². The predicted molar refractivity (Wildman–Crippen MR) is 176 cm³/mol. The number of alkyl carbamates (subject to hydrolysis) is 1. The van der Waals surface area contributed by atoms with Gasteiger partial charge in [0.25, 0.3) is 0 Å². The van der Waals surface area contributed by atoms with Crippen molar-refractivity contribution in [3.05, 3.63) is 69.3 Å². The number of carbonyl (C=O) groups excluding carboxylic acids is 1. The highest BCUT2D eigenvalue weighted by molar-refractivity contribution is 5.69. The van der Waals surface area contributed by atoms with E-state index >= 15 is 0 Å². The van der Waals surface area contributed by atoms with Crippen molar-refractivity contribution in [1.29, 1.82) is 5.26 Å². The molecule has 3 heterocycles. The number of phenols is 2. The third kappa shape index (κ3) is 5.00. The lowest BCUT2D eigenvalue weighted by atomic mass is 9.71. The number of nitrogens with zero attached hydrogens (tertiary/aromatic N) is 3. The molecule has 1 fully saturated rings. The molecule has 2 bridgehead atoms. The zero-order valence-corrected chi connectivity index (χ0v) is 28.3. The largest absolute Gasteiger partial charge is 0.504 e. The molecule has 3 aromatic rings. The first-order chi connectivity index (χ1) is 23.1. The number of phenolic OH excluding ortho intramolecular Hbond substituents is 2. The van der Waals surface area contributed by atoms with Crippen LogP contribution in [0.2, 0.25) is 0 Å². The zero-order valence-electron chi connectivity index (χ0n) is 28.3. The van der Waals surface area contributed by atoms with E-state index in [0.717, 1.165) is 16.7 Å². The molecule has 5 atom stereocenters. The van der Waals surface area contributed by atoms with Gasteiger partial charge in [0.2, 0.25) is 0 Å². The van der Waals surface area contributed by atoms with Crippen molar-refractivity contribution in [2.45, 2.75) is 63.5 Å². The van der Waals surface area contributed by atoms with Gasteiger partial charge in [0.05, 0.1) is 46.6 Å². The van der Waals surface area contributed by atoms with Crippen molar-refractivity contribution in [2.75, 3.05) is 42.0 Å². The minimum atomic E-state index is -0.687. The van der Waals surface area contributed by atoms with Crippen LogP contribution in [-0.2, 0) is 24.2 Å². The molecule has 6 rings (SSSR count). The SMILES string of the molecule is COc1c(C)c(OC)c2c(c1O)[C@H]1[C@@H]3Cc4c(OC)c(C)c(OC)c(O)c4[C@H](CNC(=O)OCc4ccccc4)N3[C@@H](C#N)[C@@H](C2)N1C. The Balaban J connectivity index is 1.51. The number of fused-ring (bicyclic) bond motifs is 7. The number of hydrogen-bond donors (Lipinski definition) is 3. The van der Waals surface area contributed by atoms with Crippen LogP contribution < -0.4 is 24.3 Å². The number of amides is 1. The molecule has 3 aromatic carbocycles. The summed E-state index contributed by atoms with van der Waals surface area (Å²) in [6.45, 7) is 3.76. The number of nitrogens with one attached hydrogen (secondary N) is 1. The van der Waals surface area contributed by atoms with E-state index in [1.54, 1.807) is 14.2 Å². The van der Waals surface area contributed by atoms with Gasteiger partial charge in [-0.25, -0.2) is 4.79 Å². The van der Waals surface area contributed by atoms with E-state index in [9.17, 15) is 20.3 Å². The Labute approximate surface area is 280 Å². The number of carbonyl (C=O) groups is 1. The van der Waals surface area contributed by atoms with Gasteiger partial charge in [-0.15, -0.1) is 0 Å². The average molecular weight is 659 g/mol. The molecule has 12 nitrogen and oxygen atoms in total. The van der Waals surface area contributed by atoms with E-state index in [1.165, 1.54) is 14.2 Å². The highest BCUT2D eigenvalue weighted by atomic mass is 16.5. The van der Waals surface area contributed by atoms with Gasteiger partial charge in [-0.3, -0.25) is 9.80 Å². The molecule has 12 heteroatoms. The second-order valence-electron chi connectivity index (χ2n) is 12.5. The highest BCUT2D eigenvalue weighted by Gasteiger charge is 2.57. The van der Waals surface area contributed by atoms with Crippen LogP contribution in [0, 0.1) is 25.2 Å². The van der Waals surface area contributed by atoms with Crippen molar-refractivity contribution >= 4 is 6.09 Å². The van der Waals surface area contributed by atoms with Crippen LogP contribution in [0.25, 0.3) is 0 Å². The van der Waals surface area contributed by atoms with Crippen LogP contribution >= 0.6 is 0 Å². The Morgan fingerprint density at radius 1 is 0.875 bits per heavy atom. The molecule has 0 aliphatic carbocycles. The van der Waals surface area contributed by atoms with Crippen LogP contribution in [0.5, 0.6) is 34.5 Å². The van der Waals surface area contributed by atoms with Crippen molar-refractivity contribution in [2.24, 2.45) is 0 Å². The standard InChI is InChI=1S/C36H42N4O8/c1-18-32(44-4)21-14-24-29-28-22(33(45-5)19(2)35(47-7)31(28)42)13-23(39(29)3)25(15-37)40(24)26(27(21)30(41)34(18)46-6)16-38-36(43)48-17-20-11-9-8-10-12-20/h8-12,23-26,29,41-42H,13-14,16-17H2,1-7H3,(H,38,43)/t23-,24+,25+,26+,29-/m1/s1. The Hall–Kier alpha value is -4.86. The maximum atomic E-state index is 13.1. The minimum absolute atomic E-state index is 0.0146. The third-order valence-electron chi connectivity index (χ3n) is 10.3. The first kappa shape index (κ1) is 33.1. The van der Waals surface area contributed by atoms with Gasteiger partial charge in [0, 0.05) is 52.0 Å². The monoisotopic (exact) mass is 658 g/mol. The van der Waals surface area contributed by atoms with Crippen molar-refractivity contribution in [3.8, 4) is 40.6 Å². The zero-order chi connectivity index (χ0) is 34.4. The number of ether oxygens (including phenoxy) is 5. The van der Waals surface area contributed by atoms with Gasteiger partial charge in [0.15, 0.2) is 23.0 Å². The van der Waals surface area contributed by atoms with Gasteiger partial charge >= 0.3 is 6.09 Å². The maximum Gasteiger partial charge on any atom is 0.407 e. The second-order valence-corrected chi connectivity index (χ2v) is 12.5. The van der Waals surface area contributed by atoms with Gasteiger partial charge in [-0.1, -0.05) is 30.3 Å². The molecule has 0 aromatic heterocycles. The number of aromatic hydroxyl groups is 2. The number of piperazine rings is 1. The summed E-state index contributed by atoms with van der Waals surface area (Å²) in [4.78, 5) is 17.3. The lowest BCUT2D eigenvalue weighted by Gasteiger charge is -2.60. The molecular formula is C36H42N4O8. The lowest BCUT2D eigenvalue weighted by Crippen LogP contribution is -2.68. The number of methoxy groups -OCH3 is 4. The van der Waals surface area contributed by atoms with Crippen LogP contribution in [0.4, 0.5) is 4.79 Å². The summed E-state index contributed by atoms with van der Waals surface area (Å²) in [5.41, 5.74) is 4.92. The summed E-state index contributed by atoms with van der Waals surface area (Å²) in [5.74, 6) is 1.72. The van der Waals surface area contributed by atoms with E-state index in [2.05, 4.69) is 21.2 Å². The fourth-order valence-corrected chi connectivity index (χ4v) is 8.37. The minimum Gasteiger partial charge on any atom is -0.504 e. The third-order valence-corrected chi connectivity index (χ3v) is 10.3. The molecule has 0 saturated carbocycles. The van der Waals surface area contributed by atoms with E-state index in [-0.39, 0.29) is 36.4 Å². The molecular weight excluding hydrogens is 616 g/mol. The van der Waals surface area contributed by atoms with Gasteiger partial charge in [-0.05, 0) is 39.3 Å². The smallest absolute Gasteiger partial charge is 0.407 e. The van der Waals surface area contributed by atoms with Gasteiger partial charge in [0.1, 0.15) is 24.1 Å². The first-order valence-corrected chi connectivity index (χ1v) is 15.9. The van der Waals surface area contributed by atoms with Crippen molar-refractivity contribution < 1.29 is 38.7 Å². The summed E-state index contributed by atoms with van der Waals surface area (Å²) in [7, 11) is 8.13. The maximum absolute atomic E-state index is 13.1. The molecule has 0 spiro atoms. The molecule has 0 radical (unpaired) electrons. The molecule has 254 valence electrons. The fraction of sp³-hybridized carbons (Fsp3) is 0.444. The molecule has 48 heavy (non-hydrogen) atoms. The molecule has 3 aliphatic rings. The number of nitriles is 1. The van der Waals surface area contributed by atoms with Crippen LogP contribution in [0.1, 0.15) is 51.0 Å². The molecule has 3 N–H and O–H groups in total. The van der Waals surface area contributed by atoms with E-state index in [0.29, 0.717) is 52.3 Å². The van der Waals surface area contributed by atoms with E-state index < -0.39 is 30.3 Å². The summed E-state index contributed by atoms with van der Waals surface area (Å²) in [6, 6.07) is 9.44. The fourth-order valence-electron chi connectivity index (χ4n) is 8.37. The topological polar surface area (TPSA) is 146 Å². The number of benzene rings is 3. The molecule has 1 saturated heterocycles. The number of hydrogen-bond acceptors (Lipinski definition) is 11. The van der Waals surface area contributed by atoms with Crippen molar-refractivity contribution in [1.82, 2.24) is 15.1 Å². The lowest BCUT2D eigenvalue weighted by molar-refractivity contribution is -0.0726.